The number of allylic oxidation sites excluding steroid dienone is 1. The molecule has 0 saturated carbocycles. The molecule has 1 aliphatic rings. The number of rotatable bonds is 4. The summed E-state index contributed by atoms with van der Waals surface area (Å²) in [5.74, 6) is 0.739. The van der Waals surface area contributed by atoms with Crippen LogP contribution in [0.25, 0.3) is 0 Å². The standard InChI is InChI=1S/C14H18N4/c15-11-13-7-8-14(18-17-13)16-10-9-12-5-3-1-2-4-6-12/h5,7-8H,1-4,6,9-10H2,(H,16,18). The topological polar surface area (TPSA) is 61.6 Å². The van der Waals surface area contributed by atoms with E-state index >= 15 is 0 Å². The van der Waals surface area contributed by atoms with Gasteiger partial charge in [0.2, 0.25) is 0 Å². The second kappa shape index (κ2) is 6.75. The summed E-state index contributed by atoms with van der Waals surface area (Å²) >= 11 is 0. The molecule has 4 heteroatoms. The molecular weight excluding hydrogens is 224 g/mol. The first-order valence-corrected chi connectivity index (χ1v) is 6.54. The minimum Gasteiger partial charge on any atom is -0.368 e. The quantitative estimate of drug-likeness (QED) is 0.824. The van der Waals surface area contributed by atoms with Gasteiger partial charge in [0.1, 0.15) is 11.9 Å². The molecule has 0 spiro atoms. The number of nitrogens with zero attached hydrogens (tertiary/aromatic N) is 3. The zero-order valence-electron chi connectivity index (χ0n) is 10.5. The van der Waals surface area contributed by atoms with Crippen molar-refractivity contribution in [2.75, 3.05) is 11.9 Å². The highest BCUT2D eigenvalue weighted by atomic mass is 15.2. The van der Waals surface area contributed by atoms with Gasteiger partial charge in [0, 0.05) is 6.54 Å². The summed E-state index contributed by atoms with van der Waals surface area (Å²) in [4.78, 5) is 0. The van der Waals surface area contributed by atoms with Crippen molar-refractivity contribution in [2.24, 2.45) is 0 Å². The molecule has 0 atom stereocenters. The van der Waals surface area contributed by atoms with Gasteiger partial charge in [-0.05, 0) is 44.2 Å². The van der Waals surface area contributed by atoms with Crippen molar-refractivity contribution in [3.63, 3.8) is 0 Å². The molecular formula is C14H18N4. The Kier molecular flexibility index (Phi) is 4.71. The van der Waals surface area contributed by atoms with Gasteiger partial charge in [0.25, 0.3) is 0 Å². The summed E-state index contributed by atoms with van der Waals surface area (Å²) < 4.78 is 0. The summed E-state index contributed by atoms with van der Waals surface area (Å²) in [6.45, 7) is 0.881. The average Bonchev–Trinajstić information content (AvgIpc) is 2.68. The molecule has 0 unspecified atom stereocenters. The zero-order chi connectivity index (χ0) is 12.6. The van der Waals surface area contributed by atoms with E-state index in [9.17, 15) is 0 Å². The van der Waals surface area contributed by atoms with Gasteiger partial charge in [0.15, 0.2) is 5.69 Å². The molecule has 0 amide bonds. The summed E-state index contributed by atoms with van der Waals surface area (Å²) in [5.41, 5.74) is 1.91. The lowest BCUT2D eigenvalue weighted by molar-refractivity contribution is 0.703. The van der Waals surface area contributed by atoms with Crippen LogP contribution in [0.15, 0.2) is 23.8 Å². The predicted molar refractivity (Wildman–Crippen MR) is 71.0 cm³/mol. The van der Waals surface area contributed by atoms with E-state index in [1.165, 1.54) is 32.1 Å². The second-order valence-corrected chi connectivity index (χ2v) is 4.55. The lowest BCUT2D eigenvalue weighted by Crippen LogP contribution is -2.05. The number of hydrogen-bond donors (Lipinski definition) is 1. The van der Waals surface area contributed by atoms with E-state index in [-0.39, 0.29) is 0 Å². The Morgan fingerprint density at radius 2 is 2.17 bits per heavy atom. The van der Waals surface area contributed by atoms with Crippen molar-refractivity contribution < 1.29 is 0 Å². The Balaban J connectivity index is 1.77. The fourth-order valence-electron chi connectivity index (χ4n) is 2.15. The second-order valence-electron chi connectivity index (χ2n) is 4.55. The van der Waals surface area contributed by atoms with Gasteiger partial charge in [-0.1, -0.05) is 18.1 Å². The summed E-state index contributed by atoms with van der Waals surface area (Å²) in [6.07, 6.45) is 9.93. The SMILES string of the molecule is N#Cc1ccc(NCCC2=CCCCCC2)nn1. The van der Waals surface area contributed by atoms with Crippen LogP contribution in [0.4, 0.5) is 5.82 Å². The Morgan fingerprint density at radius 3 is 2.94 bits per heavy atom. The third-order valence-electron chi connectivity index (χ3n) is 3.17. The van der Waals surface area contributed by atoms with Crippen molar-refractivity contribution in [3.8, 4) is 6.07 Å². The van der Waals surface area contributed by atoms with Gasteiger partial charge in [-0.2, -0.15) is 5.26 Å². The van der Waals surface area contributed by atoms with Gasteiger partial charge in [-0.3, -0.25) is 0 Å². The van der Waals surface area contributed by atoms with E-state index in [4.69, 9.17) is 5.26 Å². The number of aromatic nitrogens is 2. The molecule has 1 heterocycles. The molecule has 2 rings (SSSR count). The monoisotopic (exact) mass is 242 g/mol. The molecule has 0 fully saturated rings. The van der Waals surface area contributed by atoms with E-state index in [1.54, 1.807) is 17.7 Å². The van der Waals surface area contributed by atoms with E-state index in [0.717, 1.165) is 18.8 Å². The van der Waals surface area contributed by atoms with Crippen molar-refractivity contribution in [2.45, 2.75) is 38.5 Å². The summed E-state index contributed by atoms with van der Waals surface area (Å²) in [5, 5.41) is 19.6. The largest absolute Gasteiger partial charge is 0.368 e. The summed E-state index contributed by atoms with van der Waals surface area (Å²) in [6, 6.07) is 5.44. The van der Waals surface area contributed by atoms with Crippen LogP contribution in [-0.2, 0) is 0 Å². The van der Waals surface area contributed by atoms with Crippen molar-refractivity contribution in [3.05, 3.63) is 29.5 Å². The van der Waals surface area contributed by atoms with Crippen LogP contribution < -0.4 is 5.32 Å². The molecule has 1 aromatic heterocycles. The van der Waals surface area contributed by atoms with Crippen LogP contribution in [0.5, 0.6) is 0 Å². The average molecular weight is 242 g/mol. The number of anilines is 1. The highest BCUT2D eigenvalue weighted by Gasteiger charge is 2.03. The first-order valence-electron chi connectivity index (χ1n) is 6.54. The number of hydrogen-bond acceptors (Lipinski definition) is 4. The first-order chi connectivity index (χ1) is 8.88. The van der Waals surface area contributed by atoms with Gasteiger partial charge >= 0.3 is 0 Å². The van der Waals surface area contributed by atoms with Crippen LogP contribution in [0.1, 0.15) is 44.2 Å². The van der Waals surface area contributed by atoms with E-state index in [0.29, 0.717) is 5.69 Å². The maximum atomic E-state index is 8.62. The number of nitrogens with one attached hydrogen (secondary N) is 1. The molecule has 94 valence electrons. The normalized spacial score (nSPS) is 15.4. The lowest BCUT2D eigenvalue weighted by Gasteiger charge is -2.07. The Morgan fingerprint density at radius 1 is 1.22 bits per heavy atom. The van der Waals surface area contributed by atoms with Gasteiger partial charge in [-0.25, -0.2) is 0 Å². The molecule has 1 aliphatic carbocycles. The van der Waals surface area contributed by atoms with Crippen LogP contribution in [-0.4, -0.2) is 16.7 Å². The molecule has 0 saturated heterocycles. The third-order valence-corrected chi connectivity index (χ3v) is 3.17. The van der Waals surface area contributed by atoms with E-state index in [2.05, 4.69) is 21.6 Å². The molecule has 0 aromatic carbocycles. The highest BCUT2D eigenvalue weighted by Crippen LogP contribution is 2.19. The van der Waals surface area contributed by atoms with E-state index in [1.807, 2.05) is 6.07 Å². The van der Waals surface area contributed by atoms with Gasteiger partial charge in [-0.15, -0.1) is 10.2 Å². The molecule has 0 radical (unpaired) electrons. The maximum absolute atomic E-state index is 8.62. The van der Waals surface area contributed by atoms with Gasteiger partial charge in [0.05, 0.1) is 0 Å². The van der Waals surface area contributed by atoms with Gasteiger partial charge < -0.3 is 5.32 Å². The van der Waals surface area contributed by atoms with Crippen LogP contribution >= 0.6 is 0 Å². The smallest absolute Gasteiger partial charge is 0.163 e. The molecule has 0 aliphatic heterocycles. The Labute approximate surface area is 108 Å². The fraction of sp³-hybridized carbons (Fsp3) is 0.500. The van der Waals surface area contributed by atoms with E-state index < -0.39 is 0 Å². The van der Waals surface area contributed by atoms with Crippen molar-refractivity contribution in [1.82, 2.24) is 10.2 Å². The zero-order valence-corrected chi connectivity index (χ0v) is 10.5. The maximum Gasteiger partial charge on any atom is 0.163 e. The third kappa shape index (κ3) is 3.85. The number of nitriles is 1. The highest BCUT2D eigenvalue weighted by molar-refractivity contribution is 5.35. The Bertz CT molecular complexity index is 442. The fourth-order valence-corrected chi connectivity index (χ4v) is 2.15. The Hall–Kier alpha value is -1.89. The molecule has 0 bridgehead atoms. The molecule has 1 N–H and O–H groups in total. The molecule has 4 nitrogen and oxygen atoms in total. The van der Waals surface area contributed by atoms with Crippen molar-refractivity contribution in [1.29, 1.82) is 5.26 Å². The molecule has 18 heavy (non-hydrogen) atoms. The predicted octanol–water partition coefficient (Wildman–Crippen LogP) is 3.04. The first kappa shape index (κ1) is 12.6. The van der Waals surface area contributed by atoms with Crippen LogP contribution in [0, 0.1) is 11.3 Å². The summed E-state index contributed by atoms with van der Waals surface area (Å²) in [7, 11) is 0. The van der Waals surface area contributed by atoms with Crippen LogP contribution in [0.2, 0.25) is 0 Å². The minimum atomic E-state index is 0.354. The van der Waals surface area contributed by atoms with Crippen molar-refractivity contribution >= 4 is 5.82 Å². The lowest BCUT2D eigenvalue weighted by atomic mass is 10.1. The molecule has 1 aromatic rings. The minimum absolute atomic E-state index is 0.354. The van der Waals surface area contributed by atoms with Crippen LogP contribution in [0.3, 0.4) is 0 Å².